The molecule has 0 bridgehead atoms. The van der Waals surface area contributed by atoms with Gasteiger partial charge in [-0.3, -0.25) is 4.79 Å². The van der Waals surface area contributed by atoms with Gasteiger partial charge in [-0.1, -0.05) is 17.7 Å². The lowest BCUT2D eigenvalue weighted by Gasteiger charge is -2.13. The fourth-order valence-electron chi connectivity index (χ4n) is 2.01. The highest BCUT2D eigenvalue weighted by molar-refractivity contribution is 9.10. The van der Waals surface area contributed by atoms with Crippen molar-refractivity contribution >= 4 is 39.1 Å². The lowest BCUT2D eigenvalue weighted by Crippen LogP contribution is -2.12. The second-order valence-corrected chi connectivity index (χ2v) is 6.10. The van der Waals surface area contributed by atoms with Crippen LogP contribution < -0.4 is 14.8 Å². The molecule has 2 aromatic rings. The minimum atomic E-state index is -0.257. The third-order valence-corrected chi connectivity index (χ3v) is 4.21. The molecule has 0 fully saturated rings. The first-order valence-corrected chi connectivity index (χ1v) is 8.21. The number of ether oxygens (including phenoxy) is 2. The summed E-state index contributed by atoms with van der Waals surface area (Å²) in [4.78, 5) is 12.4. The number of rotatable bonds is 5. The van der Waals surface area contributed by atoms with Crippen molar-refractivity contribution in [3.63, 3.8) is 0 Å². The molecule has 0 radical (unpaired) electrons. The van der Waals surface area contributed by atoms with Crippen LogP contribution in [0.1, 0.15) is 22.8 Å². The monoisotopic (exact) mass is 397 g/mol. The van der Waals surface area contributed by atoms with E-state index in [2.05, 4.69) is 21.2 Å². The van der Waals surface area contributed by atoms with E-state index in [-0.39, 0.29) is 5.91 Å². The Balaban J connectivity index is 2.28. The number of halogens is 2. The first-order valence-electron chi connectivity index (χ1n) is 7.04. The van der Waals surface area contributed by atoms with Gasteiger partial charge >= 0.3 is 0 Å². The largest absolute Gasteiger partial charge is 0.493 e. The SMILES string of the molecule is CCOc1c(Br)cc(C(=O)Nc2ccc(C)c(Cl)c2)cc1OC. The summed E-state index contributed by atoms with van der Waals surface area (Å²) < 4.78 is 11.5. The van der Waals surface area contributed by atoms with Gasteiger partial charge in [-0.2, -0.15) is 0 Å². The Bertz CT molecular complexity index is 734. The minimum Gasteiger partial charge on any atom is -0.493 e. The molecule has 0 unspecified atom stereocenters. The smallest absolute Gasteiger partial charge is 0.255 e. The molecule has 2 aromatic carbocycles. The number of anilines is 1. The second kappa shape index (κ2) is 7.70. The number of methoxy groups -OCH3 is 1. The van der Waals surface area contributed by atoms with Crippen molar-refractivity contribution < 1.29 is 14.3 Å². The topological polar surface area (TPSA) is 47.6 Å². The molecule has 0 spiro atoms. The molecular formula is C17H17BrClNO3. The number of amides is 1. The standard InChI is InChI=1S/C17H17BrClNO3/c1-4-23-16-13(18)7-11(8-15(16)22-3)17(21)20-12-6-5-10(2)14(19)9-12/h5-9H,4H2,1-3H3,(H,20,21). The Morgan fingerprint density at radius 3 is 2.65 bits per heavy atom. The fourth-order valence-corrected chi connectivity index (χ4v) is 2.75. The molecule has 23 heavy (non-hydrogen) atoms. The Morgan fingerprint density at radius 2 is 2.04 bits per heavy atom. The van der Waals surface area contributed by atoms with Gasteiger partial charge in [-0.25, -0.2) is 0 Å². The van der Waals surface area contributed by atoms with E-state index in [1.807, 2.05) is 19.9 Å². The molecule has 2 rings (SSSR count). The number of nitrogens with one attached hydrogen (secondary N) is 1. The zero-order valence-electron chi connectivity index (χ0n) is 13.1. The van der Waals surface area contributed by atoms with E-state index in [9.17, 15) is 4.79 Å². The third-order valence-electron chi connectivity index (χ3n) is 3.21. The van der Waals surface area contributed by atoms with Crippen LogP contribution in [0.3, 0.4) is 0 Å². The lowest BCUT2D eigenvalue weighted by atomic mass is 10.1. The van der Waals surface area contributed by atoms with Gasteiger partial charge in [0.2, 0.25) is 0 Å². The van der Waals surface area contributed by atoms with Crippen LogP contribution in [0.4, 0.5) is 5.69 Å². The molecule has 0 aromatic heterocycles. The highest BCUT2D eigenvalue weighted by Gasteiger charge is 2.15. The van der Waals surface area contributed by atoms with Crippen molar-refractivity contribution in [3.05, 3.63) is 51.0 Å². The molecule has 1 N–H and O–H groups in total. The zero-order valence-corrected chi connectivity index (χ0v) is 15.4. The number of carbonyl (C=O) groups excluding carboxylic acids is 1. The number of carbonyl (C=O) groups is 1. The molecule has 0 saturated heterocycles. The van der Waals surface area contributed by atoms with Crippen LogP contribution in [-0.2, 0) is 0 Å². The van der Waals surface area contributed by atoms with Crippen LogP contribution in [0, 0.1) is 6.92 Å². The molecule has 0 aliphatic carbocycles. The van der Waals surface area contributed by atoms with Gasteiger partial charge in [0.15, 0.2) is 11.5 Å². The number of hydrogen-bond acceptors (Lipinski definition) is 3. The van der Waals surface area contributed by atoms with E-state index in [1.165, 1.54) is 7.11 Å². The first kappa shape index (κ1) is 17.6. The van der Waals surface area contributed by atoms with Crippen molar-refractivity contribution in [3.8, 4) is 11.5 Å². The van der Waals surface area contributed by atoms with Crippen molar-refractivity contribution in [2.45, 2.75) is 13.8 Å². The maximum Gasteiger partial charge on any atom is 0.255 e. The lowest BCUT2D eigenvalue weighted by molar-refractivity contribution is 0.102. The van der Waals surface area contributed by atoms with E-state index < -0.39 is 0 Å². The molecule has 4 nitrogen and oxygen atoms in total. The number of aryl methyl sites for hydroxylation is 1. The second-order valence-electron chi connectivity index (χ2n) is 4.84. The van der Waals surface area contributed by atoms with Crippen molar-refractivity contribution in [1.82, 2.24) is 0 Å². The van der Waals surface area contributed by atoms with Crippen LogP contribution >= 0.6 is 27.5 Å². The van der Waals surface area contributed by atoms with Gasteiger partial charge in [0.25, 0.3) is 5.91 Å². The van der Waals surface area contributed by atoms with Crippen molar-refractivity contribution in [1.29, 1.82) is 0 Å². The molecule has 0 atom stereocenters. The Labute approximate surface area is 148 Å². The van der Waals surface area contributed by atoms with Crippen LogP contribution in [0.25, 0.3) is 0 Å². The summed E-state index contributed by atoms with van der Waals surface area (Å²) in [6.45, 7) is 4.29. The van der Waals surface area contributed by atoms with Gasteiger partial charge < -0.3 is 14.8 Å². The fraction of sp³-hybridized carbons (Fsp3) is 0.235. The molecular weight excluding hydrogens is 382 g/mol. The van der Waals surface area contributed by atoms with Crippen LogP contribution in [0.15, 0.2) is 34.8 Å². The van der Waals surface area contributed by atoms with Crippen LogP contribution in [-0.4, -0.2) is 19.6 Å². The van der Waals surface area contributed by atoms with Crippen LogP contribution in [0.5, 0.6) is 11.5 Å². The Hall–Kier alpha value is -1.72. The first-order chi connectivity index (χ1) is 11.0. The third kappa shape index (κ3) is 4.18. The van der Waals surface area contributed by atoms with Crippen molar-refractivity contribution in [2.75, 3.05) is 19.0 Å². The molecule has 0 saturated carbocycles. The van der Waals surface area contributed by atoms with E-state index >= 15 is 0 Å². The van der Waals surface area contributed by atoms with E-state index in [4.69, 9.17) is 21.1 Å². The van der Waals surface area contributed by atoms with Crippen molar-refractivity contribution in [2.24, 2.45) is 0 Å². The average molecular weight is 399 g/mol. The minimum absolute atomic E-state index is 0.257. The molecule has 1 amide bonds. The van der Waals surface area contributed by atoms with Gasteiger partial charge in [-0.15, -0.1) is 0 Å². The number of hydrogen-bond donors (Lipinski definition) is 1. The summed E-state index contributed by atoms with van der Waals surface area (Å²) in [5, 5.41) is 3.42. The summed E-state index contributed by atoms with van der Waals surface area (Å²) in [5.74, 6) is 0.810. The maximum atomic E-state index is 12.4. The molecule has 0 heterocycles. The Morgan fingerprint density at radius 1 is 1.30 bits per heavy atom. The highest BCUT2D eigenvalue weighted by Crippen LogP contribution is 2.36. The summed E-state index contributed by atoms with van der Waals surface area (Å²) >= 11 is 9.48. The van der Waals surface area contributed by atoms with E-state index in [0.717, 1.165) is 5.56 Å². The predicted molar refractivity (Wildman–Crippen MR) is 96.0 cm³/mol. The quantitative estimate of drug-likeness (QED) is 0.765. The molecule has 0 aliphatic rings. The zero-order chi connectivity index (χ0) is 17.0. The molecule has 6 heteroatoms. The summed E-state index contributed by atoms with van der Waals surface area (Å²) in [7, 11) is 1.53. The van der Waals surface area contributed by atoms with E-state index in [1.54, 1.807) is 24.3 Å². The van der Waals surface area contributed by atoms with Gasteiger partial charge in [-0.05, 0) is 59.6 Å². The van der Waals surface area contributed by atoms with Gasteiger partial charge in [0, 0.05) is 16.3 Å². The van der Waals surface area contributed by atoms with Crippen LogP contribution in [0.2, 0.25) is 5.02 Å². The maximum absolute atomic E-state index is 12.4. The number of benzene rings is 2. The average Bonchev–Trinajstić information content (AvgIpc) is 2.52. The highest BCUT2D eigenvalue weighted by atomic mass is 79.9. The Kier molecular flexibility index (Phi) is 5.91. The predicted octanol–water partition coefficient (Wildman–Crippen LogP) is 5.07. The van der Waals surface area contributed by atoms with Gasteiger partial charge in [0.05, 0.1) is 18.2 Å². The summed E-state index contributed by atoms with van der Waals surface area (Å²) in [5.41, 5.74) is 2.04. The normalized spacial score (nSPS) is 10.3. The van der Waals surface area contributed by atoms with E-state index in [0.29, 0.717) is 38.9 Å². The molecule has 0 aliphatic heterocycles. The summed E-state index contributed by atoms with van der Waals surface area (Å²) in [6.07, 6.45) is 0. The molecule has 122 valence electrons. The van der Waals surface area contributed by atoms with Gasteiger partial charge in [0.1, 0.15) is 0 Å². The summed E-state index contributed by atoms with van der Waals surface area (Å²) in [6, 6.07) is 8.71.